The fraction of sp³-hybridized carbons (Fsp3) is 0.750. The highest BCUT2D eigenvalue weighted by atomic mass is 16.6. The summed E-state index contributed by atoms with van der Waals surface area (Å²) in [6.45, 7) is 10.4. The molecule has 0 aliphatic carbocycles. The van der Waals surface area contributed by atoms with Crippen molar-refractivity contribution in [2.24, 2.45) is 0 Å². The average molecular weight is 393 g/mol. The lowest BCUT2D eigenvalue weighted by molar-refractivity contribution is -0.139. The molecule has 0 bridgehead atoms. The number of ether oxygens (including phenoxy) is 2. The van der Waals surface area contributed by atoms with Gasteiger partial charge in [0, 0.05) is 44.8 Å². The molecule has 1 N–H and O–H groups in total. The van der Waals surface area contributed by atoms with Crippen LogP contribution in [-0.2, 0) is 26.2 Å². The molecule has 0 saturated carbocycles. The molecule has 1 aromatic heterocycles. The zero-order valence-electron chi connectivity index (χ0n) is 17.4. The van der Waals surface area contributed by atoms with Crippen LogP contribution < -0.4 is 0 Å². The summed E-state index contributed by atoms with van der Waals surface area (Å²) in [5.41, 5.74) is 0.825. The number of amides is 2. The van der Waals surface area contributed by atoms with Crippen molar-refractivity contribution in [2.75, 3.05) is 32.8 Å². The number of likely N-dealkylation sites (tertiary alicyclic amines) is 1. The predicted octanol–water partition coefficient (Wildman–Crippen LogP) is 2.45. The van der Waals surface area contributed by atoms with E-state index in [2.05, 4.69) is 9.97 Å². The number of carbonyl (C=O) groups is 2. The lowest BCUT2D eigenvalue weighted by Gasteiger charge is -2.44. The fourth-order valence-electron chi connectivity index (χ4n) is 4.14. The molecule has 0 unspecified atom stereocenters. The van der Waals surface area contributed by atoms with Crippen LogP contribution in [0.1, 0.15) is 58.3 Å². The summed E-state index contributed by atoms with van der Waals surface area (Å²) in [5, 5.41) is 0. The van der Waals surface area contributed by atoms with Gasteiger partial charge in [0.25, 0.3) is 0 Å². The van der Waals surface area contributed by atoms with E-state index < -0.39 is 11.1 Å². The molecule has 1 atom stereocenters. The molecule has 1 aromatic rings. The lowest BCUT2D eigenvalue weighted by Crippen LogP contribution is -2.55. The second kappa shape index (κ2) is 8.11. The number of aromatic nitrogens is 2. The summed E-state index contributed by atoms with van der Waals surface area (Å²) in [5.74, 6) is 0.0967. The molecule has 2 aliphatic heterocycles. The number of aromatic amines is 1. The summed E-state index contributed by atoms with van der Waals surface area (Å²) in [7, 11) is 0. The molecule has 28 heavy (non-hydrogen) atoms. The standard InChI is InChI=1S/C20H32N4O4/c1-5-27-12-6-7-16(25)24-10-8-15-17(22-14-21-15)20(24)9-11-23(13-20)18(26)28-19(2,3)4/h14H,5-13H2,1-4H3,(H,21,22)/t20-/m0/s1. The van der Waals surface area contributed by atoms with E-state index in [-0.39, 0.29) is 12.0 Å². The number of hydrogen-bond donors (Lipinski definition) is 1. The Balaban J connectivity index is 1.78. The quantitative estimate of drug-likeness (QED) is 0.778. The number of nitrogens with zero attached hydrogens (tertiary/aromatic N) is 3. The molecule has 0 aromatic carbocycles. The molecule has 0 radical (unpaired) electrons. The Bertz CT molecular complexity index is 711. The van der Waals surface area contributed by atoms with Gasteiger partial charge in [-0.15, -0.1) is 0 Å². The number of hydrogen-bond acceptors (Lipinski definition) is 5. The highest BCUT2D eigenvalue weighted by Gasteiger charge is 2.52. The van der Waals surface area contributed by atoms with Crippen LogP contribution in [0.3, 0.4) is 0 Å². The van der Waals surface area contributed by atoms with E-state index in [1.54, 1.807) is 11.2 Å². The molecule has 2 aliphatic rings. The maximum atomic E-state index is 13.1. The van der Waals surface area contributed by atoms with Gasteiger partial charge in [0.05, 0.1) is 18.6 Å². The Morgan fingerprint density at radius 2 is 2.11 bits per heavy atom. The van der Waals surface area contributed by atoms with E-state index >= 15 is 0 Å². The molecular formula is C20H32N4O4. The Hall–Kier alpha value is -2.09. The van der Waals surface area contributed by atoms with Crippen molar-refractivity contribution in [2.45, 2.75) is 64.5 Å². The first-order chi connectivity index (χ1) is 13.3. The van der Waals surface area contributed by atoms with Crippen LogP contribution in [0.5, 0.6) is 0 Å². The Labute approximate surface area is 166 Å². The lowest BCUT2D eigenvalue weighted by atomic mass is 9.85. The van der Waals surface area contributed by atoms with Crippen LogP contribution in [0, 0.1) is 0 Å². The Morgan fingerprint density at radius 3 is 2.82 bits per heavy atom. The highest BCUT2D eigenvalue weighted by molar-refractivity contribution is 5.78. The molecule has 1 spiro atoms. The van der Waals surface area contributed by atoms with Gasteiger partial charge in [-0.2, -0.15) is 0 Å². The van der Waals surface area contributed by atoms with Gasteiger partial charge in [-0.1, -0.05) is 0 Å². The van der Waals surface area contributed by atoms with Crippen molar-refractivity contribution in [3.8, 4) is 0 Å². The van der Waals surface area contributed by atoms with E-state index in [1.807, 2.05) is 32.6 Å². The predicted molar refractivity (Wildman–Crippen MR) is 104 cm³/mol. The molecule has 3 rings (SSSR count). The Kier molecular flexibility index (Phi) is 5.98. The third kappa shape index (κ3) is 4.16. The second-order valence-corrected chi connectivity index (χ2v) is 8.51. The van der Waals surface area contributed by atoms with Gasteiger partial charge in [0.2, 0.25) is 5.91 Å². The molecule has 2 amide bonds. The Morgan fingerprint density at radius 1 is 1.32 bits per heavy atom. The molecule has 1 saturated heterocycles. The summed E-state index contributed by atoms with van der Waals surface area (Å²) < 4.78 is 10.9. The van der Waals surface area contributed by atoms with Crippen molar-refractivity contribution < 1.29 is 19.1 Å². The smallest absolute Gasteiger partial charge is 0.410 e. The third-order valence-electron chi connectivity index (χ3n) is 5.35. The van der Waals surface area contributed by atoms with Gasteiger partial charge in [-0.05, 0) is 40.5 Å². The van der Waals surface area contributed by atoms with Gasteiger partial charge in [0.1, 0.15) is 11.1 Å². The normalized spacial score (nSPS) is 21.9. The number of imidazole rings is 1. The van der Waals surface area contributed by atoms with Gasteiger partial charge < -0.3 is 24.3 Å². The molecule has 8 heteroatoms. The summed E-state index contributed by atoms with van der Waals surface area (Å²) in [6, 6.07) is 0. The maximum Gasteiger partial charge on any atom is 0.410 e. The largest absolute Gasteiger partial charge is 0.444 e. The van der Waals surface area contributed by atoms with Gasteiger partial charge in [-0.25, -0.2) is 9.78 Å². The van der Waals surface area contributed by atoms with Crippen LogP contribution in [0.2, 0.25) is 0 Å². The molecule has 3 heterocycles. The van der Waals surface area contributed by atoms with E-state index in [0.717, 1.165) is 17.8 Å². The fourth-order valence-corrected chi connectivity index (χ4v) is 4.14. The van der Waals surface area contributed by atoms with E-state index in [0.29, 0.717) is 52.1 Å². The summed E-state index contributed by atoms with van der Waals surface area (Å²) in [6.07, 6.45) is 3.90. The summed E-state index contributed by atoms with van der Waals surface area (Å²) in [4.78, 5) is 37.1. The zero-order valence-corrected chi connectivity index (χ0v) is 17.4. The van der Waals surface area contributed by atoms with Gasteiger partial charge in [0.15, 0.2) is 0 Å². The number of fused-ring (bicyclic) bond motifs is 2. The summed E-state index contributed by atoms with van der Waals surface area (Å²) >= 11 is 0. The number of carbonyl (C=O) groups excluding carboxylic acids is 2. The minimum absolute atomic E-state index is 0.0967. The SMILES string of the molecule is CCOCCCC(=O)N1CCc2[nH]cnc2[C@@]12CCN(C(=O)OC(C)(C)C)C2. The van der Waals surface area contributed by atoms with E-state index in [1.165, 1.54) is 0 Å². The van der Waals surface area contributed by atoms with Crippen molar-refractivity contribution in [3.63, 3.8) is 0 Å². The first-order valence-corrected chi connectivity index (χ1v) is 10.2. The van der Waals surface area contributed by atoms with Crippen LogP contribution in [0.15, 0.2) is 6.33 Å². The van der Waals surface area contributed by atoms with Crippen molar-refractivity contribution in [1.82, 2.24) is 19.8 Å². The maximum absolute atomic E-state index is 13.1. The first-order valence-electron chi connectivity index (χ1n) is 10.2. The molecular weight excluding hydrogens is 360 g/mol. The van der Waals surface area contributed by atoms with E-state index in [9.17, 15) is 9.59 Å². The molecule has 8 nitrogen and oxygen atoms in total. The van der Waals surface area contributed by atoms with Crippen LogP contribution in [-0.4, -0.2) is 70.2 Å². The molecule has 1 fully saturated rings. The van der Waals surface area contributed by atoms with Crippen LogP contribution in [0.25, 0.3) is 0 Å². The second-order valence-electron chi connectivity index (χ2n) is 8.51. The van der Waals surface area contributed by atoms with Gasteiger partial charge in [-0.3, -0.25) is 4.79 Å². The third-order valence-corrected chi connectivity index (χ3v) is 5.35. The van der Waals surface area contributed by atoms with Gasteiger partial charge >= 0.3 is 6.09 Å². The molecule has 156 valence electrons. The number of nitrogens with one attached hydrogen (secondary N) is 1. The zero-order chi connectivity index (χ0) is 20.4. The monoisotopic (exact) mass is 392 g/mol. The topological polar surface area (TPSA) is 87.8 Å². The number of rotatable bonds is 5. The van der Waals surface area contributed by atoms with Crippen molar-refractivity contribution in [1.29, 1.82) is 0 Å². The number of H-pyrrole nitrogens is 1. The van der Waals surface area contributed by atoms with E-state index in [4.69, 9.17) is 9.47 Å². The minimum Gasteiger partial charge on any atom is -0.444 e. The van der Waals surface area contributed by atoms with Crippen LogP contribution >= 0.6 is 0 Å². The first kappa shape index (κ1) is 20.6. The van der Waals surface area contributed by atoms with Crippen molar-refractivity contribution >= 4 is 12.0 Å². The minimum atomic E-state index is -0.576. The van der Waals surface area contributed by atoms with Crippen LogP contribution in [0.4, 0.5) is 4.79 Å². The average Bonchev–Trinajstić information content (AvgIpc) is 3.26. The highest BCUT2D eigenvalue weighted by Crippen LogP contribution is 2.42. The van der Waals surface area contributed by atoms with Crippen molar-refractivity contribution in [3.05, 3.63) is 17.7 Å².